The van der Waals surface area contributed by atoms with Gasteiger partial charge in [0.1, 0.15) is 12.4 Å². The smallest absolute Gasteiger partial charge is 0.434 e. The third-order valence-electron chi connectivity index (χ3n) is 4.46. The highest BCUT2D eigenvalue weighted by molar-refractivity contribution is 6.28. The molecule has 11 heteroatoms. The van der Waals surface area contributed by atoms with Gasteiger partial charge in [-0.2, -0.15) is 18.2 Å². The fourth-order valence-electron chi connectivity index (χ4n) is 3.05. The minimum atomic E-state index is -4.50. The molecule has 2 aromatic heterocycles. The van der Waals surface area contributed by atoms with Gasteiger partial charge in [-0.3, -0.25) is 0 Å². The van der Waals surface area contributed by atoms with Gasteiger partial charge in [0.05, 0.1) is 6.20 Å². The summed E-state index contributed by atoms with van der Waals surface area (Å²) < 4.78 is 45.4. The number of benzene rings is 1. The van der Waals surface area contributed by atoms with E-state index in [0.29, 0.717) is 23.7 Å². The van der Waals surface area contributed by atoms with Gasteiger partial charge in [-0.05, 0) is 17.2 Å². The topological polar surface area (TPSA) is 76.3 Å². The Bertz CT molecular complexity index is 1040. The largest absolute Gasteiger partial charge is 0.483 e. The lowest BCUT2D eigenvalue weighted by molar-refractivity contribution is -0.140. The average Bonchev–Trinajstić information content (AvgIpc) is 3.07. The van der Waals surface area contributed by atoms with Gasteiger partial charge >= 0.3 is 6.18 Å². The molecule has 1 unspecified atom stereocenters. The summed E-state index contributed by atoms with van der Waals surface area (Å²) >= 11 is 5.85. The number of ether oxygens (including phenoxy) is 1. The van der Waals surface area contributed by atoms with Gasteiger partial charge in [0.25, 0.3) is 0 Å². The van der Waals surface area contributed by atoms with Crippen molar-refractivity contribution in [2.75, 3.05) is 11.5 Å². The minimum absolute atomic E-state index is 0.0250. The van der Waals surface area contributed by atoms with Crippen molar-refractivity contribution in [2.24, 2.45) is 7.05 Å². The molecule has 7 nitrogen and oxygen atoms in total. The highest BCUT2D eigenvalue weighted by atomic mass is 35.5. The second-order valence-electron chi connectivity index (χ2n) is 6.50. The SMILES string of the molecule is Cn1cc(C(F)(F)F)nc1-c1ccc(CN2c3nc(Cl)ncc3OCC2O)cc1. The zero-order chi connectivity index (χ0) is 20.8. The number of anilines is 1. The van der Waals surface area contributed by atoms with Crippen molar-refractivity contribution in [3.63, 3.8) is 0 Å². The molecule has 0 radical (unpaired) electrons. The van der Waals surface area contributed by atoms with Crippen LogP contribution < -0.4 is 9.64 Å². The molecule has 1 N–H and O–H groups in total. The van der Waals surface area contributed by atoms with Gasteiger partial charge < -0.3 is 19.3 Å². The van der Waals surface area contributed by atoms with E-state index in [9.17, 15) is 18.3 Å². The Morgan fingerprint density at radius 2 is 1.97 bits per heavy atom. The van der Waals surface area contributed by atoms with Crippen LogP contribution in [-0.2, 0) is 19.8 Å². The van der Waals surface area contributed by atoms with Crippen molar-refractivity contribution in [1.29, 1.82) is 0 Å². The van der Waals surface area contributed by atoms with E-state index in [1.807, 2.05) is 0 Å². The zero-order valence-electron chi connectivity index (χ0n) is 15.1. The second kappa shape index (κ2) is 7.20. The van der Waals surface area contributed by atoms with Crippen molar-refractivity contribution in [2.45, 2.75) is 18.9 Å². The lowest BCUT2D eigenvalue weighted by Gasteiger charge is -2.34. The van der Waals surface area contributed by atoms with Crippen molar-refractivity contribution < 1.29 is 23.0 Å². The summed E-state index contributed by atoms with van der Waals surface area (Å²) in [7, 11) is 1.51. The Hall–Kier alpha value is -2.85. The first kappa shape index (κ1) is 19.5. The molecule has 0 aliphatic carbocycles. The third-order valence-corrected chi connectivity index (χ3v) is 4.64. The summed E-state index contributed by atoms with van der Waals surface area (Å²) in [6.07, 6.45) is -3.05. The van der Waals surface area contributed by atoms with Gasteiger partial charge in [0.2, 0.25) is 5.28 Å². The number of hydrogen-bond acceptors (Lipinski definition) is 6. The van der Waals surface area contributed by atoms with E-state index in [1.165, 1.54) is 17.8 Å². The Balaban J connectivity index is 1.58. The first-order valence-corrected chi connectivity index (χ1v) is 8.90. The van der Waals surface area contributed by atoms with E-state index in [1.54, 1.807) is 29.2 Å². The molecule has 29 heavy (non-hydrogen) atoms. The number of halogens is 4. The molecule has 4 rings (SSSR count). The standard InChI is InChI=1S/C18H15ClF3N5O2/c1-26-8-13(18(20,21)22)24-15(26)11-4-2-10(3-5-11)7-27-14(28)9-29-12-6-23-17(19)25-16(12)27/h2-6,8,14,28H,7,9H2,1H3. The molecular formula is C18H15ClF3N5O2. The summed E-state index contributed by atoms with van der Waals surface area (Å²) in [6.45, 7) is 0.336. The molecular weight excluding hydrogens is 411 g/mol. The summed E-state index contributed by atoms with van der Waals surface area (Å²) in [4.78, 5) is 13.3. The Kier molecular flexibility index (Phi) is 4.83. The van der Waals surface area contributed by atoms with E-state index < -0.39 is 18.1 Å². The predicted octanol–water partition coefficient (Wildman–Crippen LogP) is 3.27. The van der Waals surface area contributed by atoms with E-state index in [-0.39, 0.29) is 17.7 Å². The van der Waals surface area contributed by atoms with Crippen LogP contribution in [0, 0.1) is 0 Å². The van der Waals surface area contributed by atoms with Crippen LogP contribution in [0.2, 0.25) is 5.28 Å². The monoisotopic (exact) mass is 425 g/mol. The van der Waals surface area contributed by atoms with E-state index >= 15 is 0 Å². The zero-order valence-corrected chi connectivity index (χ0v) is 15.8. The average molecular weight is 426 g/mol. The van der Waals surface area contributed by atoms with Gasteiger partial charge in [0.15, 0.2) is 23.5 Å². The highest BCUT2D eigenvalue weighted by Crippen LogP contribution is 2.33. The quantitative estimate of drug-likeness (QED) is 0.649. The fourth-order valence-corrected chi connectivity index (χ4v) is 3.18. The number of aryl methyl sites for hydroxylation is 1. The van der Waals surface area contributed by atoms with Crippen molar-refractivity contribution in [3.05, 3.63) is 53.2 Å². The first-order valence-electron chi connectivity index (χ1n) is 8.52. The number of aliphatic hydroxyl groups excluding tert-OH is 1. The first-order chi connectivity index (χ1) is 13.7. The number of alkyl halides is 3. The molecule has 3 heterocycles. The molecule has 1 aromatic carbocycles. The molecule has 0 saturated carbocycles. The number of fused-ring (bicyclic) bond motifs is 1. The number of rotatable bonds is 3. The number of aromatic nitrogens is 4. The second-order valence-corrected chi connectivity index (χ2v) is 6.84. The van der Waals surface area contributed by atoms with Crippen molar-refractivity contribution in [3.8, 4) is 17.1 Å². The van der Waals surface area contributed by atoms with E-state index in [4.69, 9.17) is 16.3 Å². The van der Waals surface area contributed by atoms with Crippen molar-refractivity contribution in [1.82, 2.24) is 19.5 Å². The van der Waals surface area contributed by atoms with Gasteiger partial charge in [-0.1, -0.05) is 24.3 Å². The van der Waals surface area contributed by atoms with Crippen LogP contribution in [0.15, 0.2) is 36.7 Å². The highest BCUT2D eigenvalue weighted by Gasteiger charge is 2.34. The number of hydrogen-bond donors (Lipinski definition) is 1. The molecule has 0 saturated heterocycles. The molecule has 0 fully saturated rings. The third kappa shape index (κ3) is 3.85. The number of nitrogens with zero attached hydrogens (tertiary/aromatic N) is 5. The number of aliphatic hydroxyl groups is 1. The van der Waals surface area contributed by atoms with Crippen LogP contribution in [0.5, 0.6) is 5.75 Å². The fraction of sp³-hybridized carbons (Fsp3) is 0.278. The molecule has 0 amide bonds. The van der Waals surface area contributed by atoms with Crippen LogP contribution in [0.25, 0.3) is 11.4 Å². The summed E-state index contributed by atoms with van der Waals surface area (Å²) in [6, 6.07) is 6.86. The molecule has 152 valence electrons. The Labute approximate surface area is 168 Å². The van der Waals surface area contributed by atoms with Gasteiger partial charge in [-0.15, -0.1) is 0 Å². The normalized spacial score (nSPS) is 16.5. The minimum Gasteiger partial charge on any atom is -0.483 e. The Morgan fingerprint density at radius 1 is 1.24 bits per heavy atom. The maximum absolute atomic E-state index is 12.9. The van der Waals surface area contributed by atoms with E-state index in [2.05, 4.69) is 15.0 Å². The molecule has 1 aliphatic heterocycles. The number of imidazole rings is 1. The summed E-state index contributed by atoms with van der Waals surface area (Å²) in [5, 5.41) is 10.3. The molecule has 1 atom stereocenters. The van der Waals surface area contributed by atoms with Crippen LogP contribution in [-0.4, -0.2) is 37.5 Å². The lowest BCUT2D eigenvalue weighted by Crippen LogP contribution is -2.43. The molecule has 0 spiro atoms. The summed E-state index contributed by atoms with van der Waals surface area (Å²) in [5.74, 6) is 0.982. The van der Waals surface area contributed by atoms with Crippen molar-refractivity contribution >= 4 is 17.4 Å². The van der Waals surface area contributed by atoms with Gasteiger partial charge in [-0.25, -0.2) is 9.97 Å². The van der Waals surface area contributed by atoms with Crippen LogP contribution in [0.3, 0.4) is 0 Å². The predicted molar refractivity (Wildman–Crippen MR) is 98.4 cm³/mol. The van der Waals surface area contributed by atoms with Gasteiger partial charge in [0, 0.05) is 25.4 Å². The van der Waals surface area contributed by atoms with Crippen LogP contribution in [0.1, 0.15) is 11.3 Å². The van der Waals surface area contributed by atoms with Crippen LogP contribution >= 0.6 is 11.6 Å². The maximum Gasteiger partial charge on any atom is 0.434 e. The summed E-state index contributed by atoms with van der Waals surface area (Å²) in [5.41, 5.74) is 0.407. The van der Waals surface area contributed by atoms with Crippen LogP contribution in [0.4, 0.5) is 19.0 Å². The Morgan fingerprint density at radius 3 is 2.62 bits per heavy atom. The molecule has 0 bridgehead atoms. The maximum atomic E-state index is 12.9. The van der Waals surface area contributed by atoms with E-state index in [0.717, 1.165) is 11.8 Å². The molecule has 3 aromatic rings. The molecule has 1 aliphatic rings. The lowest BCUT2D eigenvalue weighted by atomic mass is 10.1.